The minimum absolute atomic E-state index is 0.190. The number of hydrogen-bond acceptors (Lipinski definition) is 3. The van der Waals surface area contributed by atoms with Gasteiger partial charge in [0.2, 0.25) is 0 Å². The third-order valence-electron chi connectivity index (χ3n) is 1.80. The lowest BCUT2D eigenvalue weighted by Crippen LogP contribution is -2.20. The molecule has 0 saturated heterocycles. The summed E-state index contributed by atoms with van der Waals surface area (Å²) in [5.74, 6) is -0.878. The number of aromatic nitrogens is 1. The Morgan fingerprint density at radius 3 is 2.85 bits per heavy atom. The van der Waals surface area contributed by atoms with Crippen LogP contribution >= 0.6 is 0 Å². The summed E-state index contributed by atoms with van der Waals surface area (Å²) in [6.07, 6.45) is 0.618. The maximum Gasteiger partial charge on any atom is 0.306 e. The van der Waals surface area contributed by atoms with Crippen LogP contribution in [0.25, 0.3) is 0 Å². The zero-order chi connectivity index (χ0) is 10.1. The molecule has 0 fully saturated rings. The van der Waals surface area contributed by atoms with Crippen molar-refractivity contribution in [2.45, 2.75) is 25.9 Å². The van der Waals surface area contributed by atoms with Gasteiger partial charge in [0.05, 0.1) is 18.2 Å². The standard InChI is InChI=1S/C8H10FNO3/c1-5-6(4-10-13-5)8(2,9)3-7(11)12/h4H,3H2,1-2H3,(H,11,12). The number of hydrogen-bond donors (Lipinski definition) is 1. The molecule has 1 N–H and O–H groups in total. The first kappa shape index (κ1) is 9.70. The van der Waals surface area contributed by atoms with Gasteiger partial charge < -0.3 is 9.63 Å². The van der Waals surface area contributed by atoms with Crippen LogP contribution in [0, 0.1) is 6.92 Å². The molecule has 0 aliphatic carbocycles. The lowest BCUT2D eigenvalue weighted by molar-refractivity contribution is -0.140. The molecule has 1 heterocycles. The number of alkyl halides is 1. The summed E-state index contributed by atoms with van der Waals surface area (Å²) in [4.78, 5) is 10.3. The maximum absolute atomic E-state index is 13.7. The molecule has 1 unspecified atom stereocenters. The fraction of sp³-hybridized carbons (Fsp3) is 0.500. The summed E-state index contributed by atoms with van der Waals surface area (Å²) in [7, 11) is 0. The SMILES string of the molecule is Cc1oncc1C(C)(F)CC(=O)O. The highest BCUT2D eigenvalue weighted by Crippen LogP contribution is 2.31. The number of nitrogens with zero attached hydrogens (tertiary/aromatic N) is 1. The van der Waals surface area contributed by atoms with Gasteiger partial charge in [-0.15, -0.1) is 0 Å². The van der Waals surface area contributed by atoms with E-state index in [9.17, 15) is 9.18 Å². The van der Waals surface area contributed by atoms with Crippen LogP contribution in [0.5, 0.6) is 0 Å². The van der Waals surface area contributed by atoms with Crippen LogP contribution in [0.3, 0.4) is 0 Å². The molecule has 0 bridgehead atoms. The summed E-state index contributed by atoms with van der Waals surface area (Å²) in [5.41, 5.74) is -1.73. The number of carbonyl (C=O) groups is 1. The molecule has 13 heavy (non-hydrogen) atoms. The van der Waals surface area contributed by atoms with Gasteiger partial charge in [0.1, 0.15) is 11.4 Å². The molecule has 0 radical (unpaired) electrons. The second kappa shape index (κ2) is 3.16. The molecule has 0 aliphatic rings. The van der Waals surface area contributed by atoms with Crippen LogP contribution in [0.2, 0.25) is 0 Å². The smallest absolute Gasteiger partial charge is 0.306 e. The third-order valence-corrected chi connectivity index (χ3v) is 1.80. The van der Waals surface area contributed by atoms with Gasteiger partial charge in [-0.2, -0.15) is 0 Å². The van der Waals surface area contributed by atoms with E-state index in [0.29, 0.717) is 5.76 Å². The maximum atomic E-state index is 13.7. The normalized spacial score (nSPS) is 15.3. The van der Waals surface area contributed by atoms with E-state index in [4.69, 9.17) is 5.11 Å². The Labute approximate surface area is 74.3 Å². The van der Waals surface area contributed by atoms with Crippen molar-refractivity contribution in [3.63, 3.8) is 0 Å². The minimum Gasteiger partial charge on any atom is -0.481 e. The van der Waals surface area contributed by atoms with Gasteiger partial charge in [-0.25, -0.2) is 4.39 Å². The molecular weight excluding hydrogens is 177 g/mol. The van der Waals surface area contributed by atoms with Crippen LogP contribution in [-0.2, 0) is 10.5 Å². The molecule has 0 aromatic carbocycles. The zero-order valence-corrected chi connectivity index (χ0v) is 7.37. The Bertz CT molecular complexity index is 319. The predicted molar refractivity (Wildman–Crippen MR) is 42.0 cm³/mol. The van der Waals surface area contributed by atoms with Crippen LogP contribution in [0.15, 0.2) is 10.7 Å². The number of carboxylic acids is 1. The second-order valence-electron chi connectivity index (χ2n) is 3.06. The van der Waals surface area contributed by atoms with E-state index in [1.54, 1.807) is 6.92 Å². The van der Waals surface area contributed by atoms with Crippen LogP contribution < -0.4 is 0 Å². The van der Waals surface area contributed by atoms with E-state index in [-0.39, 0.29) is 5.56 Å². The van der Waals surface area contributed by atoms with Crippen molar-refractivity contribution in [1.82, 2.24) is 5.16 Å². The van der Waals surface area contributed by atoms with Crippen molar-refractivity contribution in [2.75, 3.05) is 0 Å². The highest BCUT2D eigenvalue weighted by molar-refractivity contribution is 5.68. The number of rotatable bonds is 3. The van der Waals surface area contributed by atoms with E-state index in [1.165, 1.54) is 13.1 Å². The molecule has 1 aromatic heterocycles. The number of carboxylic acid groups (broad SMARTS) is 1. The molecule has 0 aliphatic heterocycles. The van der Waals surface area contributed by atoms with Crippen LogP contribution in [0.4, 0.5) is 4.39 Å². The fourth-order valence-corrected chi connectivity index (χ4v) is 1.18. The largest absolute Gasteiger partial charge is 0.481 e. The number of aliphatic carboxylic acids is 1. The Morgan fingerprint density at radius 1 is 1.85 bits per heavy atom. The van der Waals surface area contributed by atoms with Crippen molar-refractivity contribution < 1.29 is 18.8 Å². The molecule has 1 aromatic rings. The molecule has 0 amide bonds. The molecule has 1 atom stereocenters. The zero-order valence-electron chi connectivity index (χ0n) is 7.37. The molecule has 0 spiro atoms. The highest BCUT2D eigenvalue weighted by atomic mass is 19.1. The van der Waals surface area contributed by atoms with E-state index in [1.807, 2.05) is 0 Å². The molecule has 4 nitrogen and oxygen atoms in total. The van der Waals surface area contributed by atoms with Crippen molar-refractivity contribution in [3.8, 4) is 0 Å². The number of aryl methyl sites for hydroxylation is 1. The van der Waals surface area contributed by atoms with Crippen molar-refractivity contribution in [2.24, 2.45) is 0 Å². The Kier molecular flexibility index (Phi) is 2.36. The van der Waals surface area contributed by atoms with Crippen molar-refractivity contribution in [1.29, 1.82) is 0 Å². The molecule has 0 saturated carbocycles. The summed E-state index contributed by atoms with van der Waals surface area (Å²) >= 11 is 0. The van der Waals surface area contributed by atoms with Gasteiger partial charge in [0.25, 0.3) is 0 Å². The van der Waals surface area contributed by atoms with Gasteiger partial charge >= 0.3 is 5.97 Å². The quantitative estimate of drug-likeness (QED) is 0.781. The average Bonchev–Trinajstić information content (AvgIpc) is 2.32. The first-order valence-corrected chi connectivity index (χ1v) is 3.76. The Hall–Kier alpha value is -1.39. The average molecular weight is 187 g/mol. The molecule has 1 rings (SSSR count). The minimum atomic E-state index is -1.92. The van der Waals surface area contributed by atoms with Crippen LogP contribution in [0.1, 0.15) is 24.7 Å². The van der Waals surface area contributed by atoms with E-state index >= 15 is 0 Å². The Morgan fingerprint density at radius 2 is 2.46 bits per heavy atom. The Balaban J connectivity index is 2.93. The summed E-state index contributed by atoms with van der Waals surface area (Å²) in [6.45, 7) is 2.74. The van der Waals surface area contributed by atoms with Crippen LogP contribution in [-0.4, -0.2) is 16.2 Å². The summed E-state index contributed by atoms with van der Waals surface area (Å²) in [5, 5.41) is 11.8. The molecule has 5 heteroatoms. The monoisotopic (exact) mass is 187 g/mol. The molecule has 72 valence electrons. The lowest BCUT2D eigenvalue weighted by Gasteiger charge is -2.15. The topological polar surface area (TPSA) is 63.3 Å². The van der Waals surface area contributed by atoms with Crippen molar-refractivity contribution >= 4 is 5.97 Å². The predicted octanol–water partition coefficient (Wildman–Crippen LogP) is 1.64. The highest BCUT2D eigenvalue weighted by Gasteiger charge is 2.32. The van der Waals surface area contributed by atoms with Gasteiger partial charge in [0.15, 0.2) is 0 Å². The van der Waals surface area contributed by atoms with E-state index in [2.05, 4.69) is 9.68 Å². The van der Waals surface area contributed by atoms with E-state index in [0.717, 1.165) is 0 Å². The summed E-state index contributed by atoms with van der Waals surface area (Å²) < 4.78 is 18.3. The number of halogens is 1. The first-order valence-electron chi connectivity index (χ1n) is 3.76. The fourth-order valence-electron chi connectivity index (χ4n) is 1.18. The lowest BCUT2D eigenvalue weighted by atomic mass is 9.96. The van der Waals surface area contributed by atoms with Gasteiger partial charge in [-0.1, -0.05) is 5.16 Å². The third kappa shape index (κ3) is 2.05. The van der Waals surface area contributed by atoms with Gasteiger partial charge in [-0.3, -0.25) is 4.79 Å². The second-order valence-corrected chi connectivity index (χ2v) is 3.06. The molecular formula is C8H10FNO3. The van der Waals surface area contributed by atoms with Gasteiger partial charge in [0, 0.05) is 0 Å². The van der Waals surface area contributed by atoms with E-state index < -0.39 is 18.1 Å². The first-order chi connectivity index (χ1) is 5.93. The van der Waals surface area contributed by atoms with Crippen molar-refractivity contribution in [3.05, 3.63) is 17.5 Å². The summed E-state index contributed by atoms with van der Waals surface area (Å²) in [6, 6.07) is 0. The van der Waals surface area contributed by atoms with Gasteiger partial charge in [-0.05, 0) is 13.8 Å².